The molecule has 9 nitrogen and oxygen atoms in total. The van der Waals surface area contributed by atoms with Crippen LogP contribution in [0.4, 0.5) is 32.2 Å². The minimum absolute atomic E-state index is 0.0750. The number of alkyl halides is 2. The molecule has 1 N–H and O–H groups in total. The fourth-order valence-electron chi connectivity index (χ4n) is 5.74. The van der Waals surface area contributed by atoms with Gasteiger partial charge in [0.2, 0.25) is 5.95 Å². The quantitative estimate of drug-likeness (QED) is 0.360. The third kappa shape index (κ3) is 5.47. The number of nitrogens with zero attached hydrogens (tertiary/aromatic N) is 7. The zero-order valence-electron chi connectivity index (χ0n) is 23.4. The van der Waals surface area contributed by atoms with E-state index in [0.29, 0.717) is 24.6 Å². The Bertz CT molecular complexity index is 1310. The molecule has 2 saturated heterocycles. The van der Waals surface area contributed by atoms with Crippen molar-refractivity contribution in [2.24, 2.45) is 0 Å². The molecule has 2 fully saturated rings. The van der Waals surface area contributed by atoms with Gasteiger partial charge in [-0.05, 0) is 55.8 Å². The van der Waals surface area contributed by atoms with Crippen molar-refractivity contribution in [1.29, 1.82) is 0 Å². The summed E-state index contributed by atoms with van der Waals surface area (Å²) in [5.74, 6) is 2.58. The van der Waals surface area contributed by atoms with Gasteiger partial charge in [0.25, 0.3) is 0 Å². The molecule has 2 aliphatic heterocycles. The van der Waals surface area contributed by atoms with Gasteiger partial charge >= 0.3 is 6.11 Å². The highest BCUT2D eigenvalue weighted by Crippen LogP contribution is 2.44. The van der Waals surface area contributed by atoms with E-state index in [9.17, 15) is 8.78 Å². The maximum absolute atomic E-state index is 14.2. The molecular weight excluding hydrogens is 502 g/mol. The zero-order valence-corrected chi connectivity index (χ0v) is 23.4. The summed E-state index contributed by atoms with van der Waals surface area (Å²) in [7, 11) is 2.15. The van der Waals surface area contributed by atoms with Crippen LogP contribution < -0.4 is 15.1 Å². The summed E-state index contributed by atoms with van der Waals surface area (Å²) in [5.41, 5.74) is 1.33. The Hall–Kier alpha value is -3.18. The molecule has 1 spiro atoms. The first-order valence-corrected chi connectivity index (χ1v) is 13.8. The van der Waals surface area contributed by atoms with Crippen molar-refractivity contribution in [3.8, 4) is 0 Å². The van der Waals surface area contributed by atoms with Gasteiger partial charge in [0.15, 0.2) is 0 Å². The lowest BCUT2D eigenvalue weighted by Crippen LogP contribution is -2.76. The monoisotopic (exact) mass is 540 g/mol. The number of anilines is 4. The largest absolute Gasteiger partial charge is 0.373 e. The Morgan fingerprint density at radius 2 is 1.92 bits per heavy atom. The highest BCUT2D eigenvalue weighted by atomic mass is 19.3. The topological polar surface area (TPSA) is 82.5 Å². The lowest BCUT2D eigenvalue weighted by molar-refractivity contribution is -0.227. The van der Waals surface area contributed by atoms with Crippen molar-refractivity contribution < 1.29 is 13.5 Å². The Morgan fingerprint density at radius 1 is 1.13 bits per heavy atom. The number of likely N-dealkylation sites (N-methyl/N-ethyl adjacent to an activating group) is 1. The van der Waals surface area contributed by atoms with E-state index in [2.05, 4.69) is 50.7 Å². The molecule has 0 radical (unpaired) electrons. The fourth-order valence-corrected chi connectivity index (χ4v) is 5.74. The first kappa shape index (κ1) is 27.4. The second-order valence-electron chi connectivity index (χ2n) is 11.0. The van der Waals surface area contributed by atoms with Crippen molar-refractivity contribution in [2.45, 2.75) is 58.1 Å². The van der Waals surface area contributed by atoms with E-state index >= 15 is 0 Å². The van der Waals surface area contributed by atoms with E-state index in [1.54, 1.807) is 19.2 Å². The molecule has 0 bridgehead atoms. The molecule has 11 heteroatoms. The van der Waals surface area contributed by atoms with Crippen LogP contribution in [-0.4, -0.2) is 82.9 Å². The normalized spacial score (nSPS) is 17.0. The summed E-state index contributed by atoms with van der Waals surface area (Å²) in [6, 6.07) is 3.74. The summed E-state index contributed by atoms with van der Waals surface area (Å²) in [6.07, 6.45) is 3.99. The third-order valence-electron chi connectivity index (χ3n) is 7.57. The highest BCUT2D eigenvalue weighted by molar-refractivity contribution is 5.96. The average molecular weight is 541 g/mol. The van der Waals surface area contributed by atoms with Crippen LogP contribution in [0.15, 0.2) is 30.7 Å². The number of pyridine rings is 2. The Morgan fingerprint density at radius 3 is 2.56 bits per heavy atom. The summed E-state index contributed by atoms with van der Waals surface area (Å²) in [4.78, 5) is 24.6. The van der Waals surface area contributed by atoms with Crippen LogP contribution in [0, 0.1) is 0 Å². The molecule has 3 aromatic rings. The lowest BCUT2D eigenvalue weighted by atomic mass is 9.77. The van der Waals surface area contributed by atoms with Crippen LogP contribution in [0.3, 0.4) is 0 Å². The molecule has 5 heterocycles. The van der Waals surface area contributed by atoms with Gasteiger partial charge in [-0.1, -0.05) is 20.8 Å². The number of hydrogen-bond acceptors (Lipinski definition) is 9. The van der Waals surface area contributed by atoms with E-state index in [0.717, 1.165) is 41.8 Å². The predicted octanol–water partition coefficient (Wildman–Crippen LogP) is 5.03. The Balaban J connectivity index is 1.43. The Labute approximate surface area is 228 Å². The zero-order chi connectivity index (χ0) is 27.8. The first-order valence-electron chi connectivity index (χ1n) is 13.8. The maximum Gasteiger partial charge on any atom is 0.373 e. The van der Waals surface area contributed by atoms with Gasteiger partial charge in [0, 0.05) is 50.2 Å². The second kappa shape index (κ2) is 10.8. The molecule has 0 saturated carbocycles. The van der Waals surface area contributed by atoms with Gasteiger partial charge in [-0.15, -0.1) is 0 Å². The van der Waals surface area contributed by atoms with Crippen LogP contribution >= 0.6 is 0 Å². The smallest absolute Gasteiger partial charge is 0.348 e. The fraction of sp³-hybridized carbons (Fsp3) is 0.571. The van der Waals surface area contributed by atoms with E-state index < -0.39 is 12.7 Å². The molecule has 0 amide bonds. The van der Waals surface area contributed by atoms with E-state index in [-0.39, 0.29) is 24.0 Å². The SMILES string of the molecule is CCCN(CC(F)(F)OCC)c1nccc(Nc2cc3c(C(C)C)cnc(N4CCC45CN(C)C5)c3cn2)n1. The van der Waals surface area contributed by atoms with E-state index in [1.807, 2.05) is 25.4 Å². The summed E-state index contributed by atoms with van der Waals surface area (Å²) in [6.45, 7) is 10.6. The number of fused-ring (bicyclic) bond motifs is 1. The molecule has 0 aromatic carbocycles. The number of halogens is 2. The summed E-state index contributed by atoms with van der Waals surface area (Å²) < 4.78 is 33.1. The van der Waals surface area contributed by atoms with Crippen molar-refractivity contribution in [3.63, 3.8) is 0 Å². The number of rotatable bonds is 11. The highest BCUT2D eigenvalue weighted by Gasteiger charge is 2.53. The second-order valence-corrected chi connectivity index (χ2v) is 11.0. The third-order valence-corrected chi connectivity index (χ3v) is 7.57. The number of aromatic nitrogens is 4. The van der Waals surface area contributed by atoms with Crippen LogP contribution in [0.1, 0.15) is 52.0 Å². The van der Waals surface area contributed by atoms with Crippen LogP contribution in [0.2, 0.25) is 0 Å². The molecular formula is C28H38F2N8O. The molecule has 0 aliphatic carbocycles. The maximum atomic E-state index is 14.2. The summed E-state index contributed by atoms with van der Waals surface area (Å²) >= 11 is 0. The molecule has 210 valence electrons. The van der Waals surface area contributed by atoms with Gasteiger partial charge in [0.1, 0.15) is 24.0 Å². The predicted molar refractivity (Wildman–Crippen MR) is 150 cm³/mol. The van der Waals surface area contributed by atoms with E-state index in [1.165, 1.54) is 11.3 Å². The Kier molecular flexibility index (Phi) is 7.56. The molecule has 5 rings (SSSR count). The number of nitrogens with one attached hydrogen (secondary N) is 1. The van der Waals surface area contributed by atoms with Gasteiger partial charge in [0.05, 0.1) is 12.1 Å². The van der Waals surface area contributed by atoms with Crippen molar-refractivity contribution >= 4 is 34.2 Å². The van der Waals surface area contributed by atoms with Gasteiger partial charge < -0.3 is 24.8 Å². The minimum Gasteiger partial charge on any atom is -0.348 e. The van der Waals surface area contributed by atoms with Crippen LogP contribution in [0.5, 0.6) is 0 Å². The van der Waals surface area contributed by atoms with Crippen molar-refractivity contribution in [3.05, 3.63) is 36.3 Å². The number of hydrogen-bond donors (Lipinski definition) is 1. The molecule has 0 unspecified atom stereocenters. The minimum atomic E-state index is -3.29. The number of ether oxygens (including phenoxy) is 1. The van der Waals surface area contributed by atoms with Gasteiger partial charge in [-0.2, -0.15) is 13.8 Å². The number of likely N-dealkylation sites (tertiary alicyclic amines) is 1. The van der Waals surface area contributed by atoms with Gasteiger partial charge in [-0.25, -0.2) is 15.0 Å². The van der Waals surface area contributed by atoms with Crippen LogP contribution in [0.25, 0.3) is 10.8 Å². The molecule has 2 aliphatic rings. The first-order chi connectivity index (χ1) is 18.6. The molecule has 0 atom stereocenters. The van der Waals surface area contributed by atoms with Crippen molar-refractivity contribution in [1.82, 2.24) is 24.8 Å². The van der Waals surface area contributed by atoms with Gasteiger partial charge in [-0.3, -0.25) is 0 Å². The van der Waals surface area contributed by atoms with Crippen LogP contribution in [-0.2, 0) is 4.74 Å². The summed E-state index contributed by atoms with van der Waals surface area (Å²) in [5, 5.41) is 5.40. The lowest BCUT2D eigenvalue weighted by Gasteiger charge is -2.62. The average Bonchev–Trinajstić information content (AvgIpc) is 2.85. The molecule has 3 aromatic heterocycles. The van der Waals surface area contributed by atoms with Crippen molar-refractivity contribution in [2.75, 3.05) is 61.5 Å². The standard InChI is InChI=1S/C28H38F2N8O/c1-6-11-37(18-28(29,30)39-7-2)26-31-10-8-23(35-26)34-24-13-20-21(19(3)4)14-33-25(22(20)15-32-24)38-12-9-27(38)16-36(5)17-27/h8,10,13-15,19H,6-7,9,11-12,16-18H2,1-5H3,(H,31,32,34,35). The molecule has 39 heavy (non-hydrogen) atoms. The van der Waals surface area contributed by atoms with E-state index in [4.69, 9.17) is 9.97 Å².